The Morgan fingerprint density at radius 2 is 2.05 bits per heavy atom. The number of carbonyl (C=O) groups is 1. The van der Waals surface area contributed by atoms with Crippen LogP contribution in [0.2, 0.25) is 5.02 Å². The number of aromatic nitrogens is 3. The van der Waals surface area contributed by atoms with Crippen LogP contribution >= 0.6 is 11.6 Å². The van der Waals surface area contributed by atoms with Crippen LogP contribution in [0.1, 0.15) is 10.5 Å². The molecule has 1 N–H and O–H groups in total. The van der Waals surface area contributed by atoms with Crippen LogP contribution < -0.4 is 5.32 Å². The molecule has 1 aromatic carbocycles. The van der Waals surface area contributed by atoms with Gasteiger partial charge in [0.25, 0.3) is 5.91 Å². The van der Waals surface area contributed by atoms with E-state index in [0.717, 1.165) is 5.69 Å². The van der Waals surface area contributed by atoms with E-state index >= 15 is 0 Å². The van der Waals surface area contributed by atoms with Crippen molar-refractivity contribution in [3.05, 3.63) is 72.0 Å². The zero-order valence-electron chi connectivity index (χ0n) is 10.9. The molecule has 6 heteroatoms. The van der Waals surface area contributed by atoms with Gasteiger partial charge in [-0.3, -0.25) is 9.78 Å². The van der Waals surface area contributed by atoms with E-state index in [0.29, 0.717) is 10.7 Å². The second-order valence-electron chi connectivity index (χ2n) is 4.30. The van der Waals surface area contributed by atoms with E-state index < -0.39 is 0 Å². The fourth-order valence-corrected chi connectivity index (χ4v) is 2.08. The minimum Gasteiger partial charge on any atom is -0.319 e. The second-order valence-corrected chi connectivity index (χ2v) is 4.74. The first-order valence-electron chi connectivity index (χ1n) is 6.24. The van der Waals surface area contributed by atoms with E-state index in [1.165, 1.54) is 12.3 Å². The van der Waals surface area contributed by atoms with Crippen LogP contribution in [-0.4, -0.2) is 20.4 Å². The highest BCUT2D eigenvalue weighted by Gasteiger charge is 2.11. The van der Waals surface area contributed by atoms with E-state index in [1.54, 1.807) is 18.6 Å². The van der Waals surface area contributed by atoms with E-state index in [4.69, 9.17) is 11.6 Å². The summed E-state index contributed by atoms with van der Waals surface area (Å²) in [6.07, 6.45) is 6.65. The van der Waals surface area contributed by atoms with Crippen molar-refractivity contribution < 1.29 is 4.79 Å². The van der Waals surface area contributed by atoms with Crippen molar-refractivity contribution in [2.24, 2.45) is 0 Å². The predicted octanol–water partition coefficient (Wildman–Crippen LogP) is 3.17. The number of rotatable bonds is 3. The maximum absolute atomic E-state index is 12.2. The third kappa shape index (κ3) is 2.93. The number of amides is 1. The van der Waals surface area contributed by atoms with Crippen molar-refractivity contribution in [1.29, 1.82) is 0 Å². The molecule has 21 heavy (non-hydrogen) atoms. The number of hydrogen-bond donors (Lipinski definition) is 1. The number of nitrogens with zero attached hydrogens (tertiary/aromatic N) is 3. The molecule has 2 aromatic heterocycles. The summed E-state index contributed by atoms with van der Waals surface area (Å²) in [5, 5.41) is 3.30. The van der Waals surface area contributed by atoms with E-state index in [2.05, 4.69) is 15.3 Å². The van der Waals surface area contributed by atoms with Gasteiger partial charge in [0.2, 0.25) is 0 Å². The summed E-state index contributed by atoms with van der Waals surface area (Å²) >= 11 is 5.87. The highest BCUT2D eigenvalue weighted by molar-refractivity contribution is 6.31. The molecule has 0 radical (unpaired) electrons. The van der Waals surface area contributed by atoms with Crippen LogP contribution in [0.3, 0.4) is 0 Å². The van der Waals surface area contributed by atoms with Crippen LogP contribution in [-0.2, 0) is 0 Å². The molecule has 3 aromatic rings. The molecule has 2 heterocycles. The van der Waals surface area contributed by atoms with Gasteiger partial charge in [-0.25, -0.2) is 4.98 Å². The maximum atomic E-state index is 12.2. The van der Waals surface area contributed by atoms with Crippen molar-refractivity contribution in [1.82, 2.24) is 14.5 Å². The highest BCUT2D eigenvalue weighted by Crippen LogP contribution is 2.20. The third-order valence-corrected chi connectivity index (χ3v) is 3.12. The Morgan fingerprint density at radius 1 is 1.19 bits per heavy atom. The molecule has 0 unspecified atom stereocenters. The van der Waals surface area contributed by atoms with Gasteiger partial charge in [-0.1, -0.05) is 23.7 Å². The molecular formula is C15H11ClN4O. The molecular weight excluding hydrogens is 288 g/mol. The smallest absolute Gasteiger partial charge is 0.274 e. The highest BCUT2D eigenvalue weighted by atomic mass is 35.5. The van der Waals surface area contributed by atoms with Gasteiger partial charge in [-0.2, -0.15) is 0 Å². The molecule has 0 saturated carbocycles. The lowest BCUT2D eigenvalue weighted by Crippen LogP contribution is -2.15. The summed E-state index contributed by atoms with van der Waals surface area (Å²) in [6, 6.07) is 10.6. The first kappa shape index (κ1) is 13.3. The number of benzene rings is 1. The van der Waals surface area contributed by atoms with Crippen molar-refractivity contribution in [3.8, 4) is 5.69 Å². The molecule has 0 aliphatic carbocycles. The van der Waals surface area contributed by atoms with Gasteiger partial charge in [-0.15, -0.1) is 0 Å². The van der Waals surface area contributed by atoms with Gasteiger partial charge in [0, 0.05) is 23.6 Å². The van der Waals surface area contributed by atoms with Crippen molar-refractivity contribution in [2.45, 2.75) is 0 Å². The number of carbonyl (C=O) groups excluding carboxylic acids is 1. The average molecular weight is 299 g/mol. The lowest BCUT2D eigenvalue weighted by molar-refractivity contribution is 0.102. The number of imidazole rings is 1. The van der Waals surface area contributed by atoms with Crippen LogP contribution in [0, 0.1) is 0 Å². The van der Waals surface area contributed by atoms with Gasteiger partial charge in [-0.05, 0) is 24.3 Å². The standard InChI is InChI=1S/C15H11ClN4O/c16-11-5-6-18-13(9-11)15(21)19-12-3-1-2-4-14(12)20-8-7-17-10-20/h1-10H,(H,19,21). The van der Waals surface area contributed by atoms with Gasteiger partial charge >= 0.3 is 0 Å². The number of para-hydroxylation sites is 2. The normalized spacial score (nSPS) is 10.3. The molecule has 1 amide bonds. The van der Waals surface area contributed by atoms with Crippen LogP contribution in [0.15, 0.2) is 61.3 Å². The van der Waals surface area contributed by atoms with E-state index in [-0.39, 0.29) is 11.6 Å². The Labute approximate surface area is 126 Å². The minimum absolute atomic E-state index is 0.267. The summed E-state index contributed by atoms with van der Waals surface area (Å²) in [6.45, 7) is 0. The Bertz CT molecular complexity index is 771. The van der Waals surface area contributed by atoms with E-state index in [1.807, 2.05) is 35.0 Å². The number of nitrogens with one attached hydrogen (secondary N) is 1. The Morgan fingerprint density at radius 3 is 2.81 bits per heavy atom. The monoisotopic (exact) mass is 298 g/mol. The van der Waals surface area contributed by atoms with Crippen molar-refractivity contribution >= 4 is 23.2 Å². The number of halogens is 1. The molecule has 0 aliphatic heterocycles. The Hall–Kier alpha value is -2.66. The Balaban J connectivity index is 1.90. The van der Waals surface area contributed by atoms with Crippen LogP contribution in [0.5, 0.6) is 0 Å². The van der Waals surface area contributed by atoms with Crippen molar-refractivity contribution in [2.75, 3.05) is 5.32 Å². The molecule has 104 valence electrons. The van der Waals surface area contributed by atoms with Gasteiger partial charge < -0.3 is 9.88 Å². The zero-order valence-corrected chi connectivity index (χ0v) is 11.7. The fourth-order valence-electron chi connectivity index (χ4n) is 1.92. The quantitative estimate of drug-likeness (QED) is 0.808. The summed E-state index contributed by atoms with van der Waals surface area (Å²) in [4.78, 5) is 20.3. The minimum atomic E-state index is -0.315. The van der Waals surface area contributed by atoms with Crippen molar-refractivity contribution in [3.63, 3.8) is 0 Å². The molecule has 0 bridgehead atoms. The molecule has 0 atom stereocenters. The lowest BCUT2D eigenvalue weighted by Gasteiger charge is -2.11. The SMILES string of the molecule is O=C(Nc1ccccc1-n1ccnc1)c1cc(Cl)ccn1. The largest absolute Gasteiger partial charge is 0.319 e. The molecule has 0 aliphatic rings. The van der Waals surface area contributed by atoms with Crippen LogP contribution in [0.4, 0.5) is 5.69 Å². The lowest BCUT2D eigenvalue weighted by atomic mass is 10.2. The van der Waals surface area contributed by atoms with Gasteiger partial charge in [0.15, 0.2) is 0 Å². The molecule has 0 saturated heterocycles. The number of hydrogen-bond acceptors (Lipinski definition) is 3. The topological polar surface area (TPSA) is 59.8 Å². The van der Waals surface area contributed by atoms with E-state index in [9.17, 15) is 4.79 Å². The fraction of sp³-hybridized carbons (Fsp3) is 0. The average Bonchev–Trinajstić information content (AvgIpc) is 3.02. The first-order valence-corrected chi connectivity index (χ1v) is 6.62. The molecule has 0 spiro atoms. The zero-order chi connectivity index (χ0) is 14.7. The molecule has 0 fully saturated rings. The first-order chi connectivity index (χ1) is 10.2. The molecule has 5 nitrogen and oxygen atoms in total. The Kier molecular flexibility index (Phi) is 3.66. The summed E-state index contributed by atoms with van der Waals surface area (Å²) in [7, 11) is 0. The van der Waals surface area contributed by atoms with Crippen LogP contribution in [0.25, 0.3) is 5.69 Å². The number of pyridine rings is 1. The number of anilines is 1. The summed E-state index contributed by atoms with van der Waals surface area (Å²) < 4.78 is 1.82. The maximum Gasteiger partial charge on any atom is 0.274 e. The second kappa shape index (κ2) is 5.76. The predicted molar refractivity (Wildman–Crippen MR) is 80.8 cm³/mol. The summed E-state index contributed by atoms with van der Waals surface area (Å²) in [5.41, 5.74) is 1.76. The molecule has 3 rings (SSSR count). The third-order valence-electron chi connectivity index (χ3n) is 2.89. The van der Waals surface area contributed by atoms with Gasteiger partial charge in [0.05, 0.1) is 17.7 Å². The summed E-state index contributed by atoms with van der Waals surface area (Å²) in [5.74, 6) is -0.315. The van der Waals surface area contributed by atoms with Gasteiger partial charge in [0.1, 0.15) is 5.69 Å².